The Hall–Kier alpha value is -0.210. The maximum atomic E-state index is 12.0. The second-order valence-corrected chi connectivity index (χ2v) is 6.35. The number of rotatable bonds is 9. The molecular formula is C10H25N3O3S. The van der Waals surface area contributed by atoms with Crippen LogP contribution in [0.15, 0.2) is 0 Å². The summed E-state index contributed by atoms with van der Waals surface area (Å²) in [5.74, 6) is 0. The molecule has 0 aliphatic heterocycles. The normalized spacial score (nSPS) is 12.9. The van der Waals surface area contributed by atoms with Crippen molar-refractivity contribution in [1.29, 1.82) is 0 Å². The van der Waals surface area contributed by atoms with Crippen molar-refractivity contribution in [1.82, 2.24) is 8.61 Å². The average Bonchev–Trinajstić information content (AvgIpc) is 2.24. The average molecular weight is 267 g/mol. The third-order valence-corrected chi connectivity index (χ3v) is 4.26. The van der Waals surface area contributed by atoms with Crippen LogP contribution in [0.3, 0.4) is 0 Å². The van der Waals surface area contributed by atoms with Crippen LogP contribution in [0.4, 0.5) is 0 Å². The summed E-state index contributed by atoms with van der Waals surface area (Å²) in [4.78, 5) is 0. The summed E-state index contributed by atoms with van der Waals surface area (Å²) >= 11 is 0. The Labute approximate surface area is 105 Å². The lowest BCUT2D eigenvalue weighted by Crippen LogP contribution is -2.42. The van der Waals surface area contributed by atoms with E-state index >= 15 is 0 Å². The Kier molecular flexibility index (Phi) is 7.89. The van der Waals surface area contributed by atoms with Gasteiger partial charge in [-0.2, -0.15) is 17.0 Å². The van der Waals surface area contributed by atoms with Crippen LogP contribution >= 0.6 is 0 Å². The Morgan fingerprint density at radius 2 is 1.71 bits per heavy atom. The lowest BCUT2D eigenvalue weighted by atomic mass is 10.4. The quantitative estimate of drug-likeness (QED) is 0.631. The topological polar surface area (TPSA) is 75.9 Å². The van der Waals surface area contributed by atoms with Crippen LogP contribution in [-0.2, 0) is 14.9 Å². The maximum Gasteiger partial charge on any atom is 0.281 e. The Bertz CT molecular complexity index is 293. The largest absolute Gasteiger partial charge is 0.377 e. The van der Waals surface area contributed by atoms with Gasteiger partial charge in [0.25, 0.3) is 10.2 Å². The van der Waals surface area contributed by atoms with E-state index in [1.807, 2.05) is 13.8 Å². The van der Waals surface area contributed by atoms with Gasteiger partial charge in [0.1, 0.15) is 0 Å². The predicted octanol–water partition coefficient (Wildman–Crippen LogP) is -0.131. The van der Waals surface area contributed by atoms with Gasteiger partial charge in [-0.3, -0.25) is 0 Å². The van der Waals surface area contributed by atoms with Crippen LogP contribution in [0.1, 0.15) is 20.3 Å². The van der Waals surface area contributed by atoms with E-state index in [-0.39, 0.29) is 6.10 Å². The van der Waals surface area contributed by atoms with Gasteiger partial charge in [0.2, 0.25) is 0 Å². The number of likely N-dealkylation sites (N-methyl/N-ethyl adjacent to an activating group) is 1. The highest BCUT2D eigenvalue weighted by molar-refractivity contribution is 7.86. The molecule has 0 amide bonds. The molecule has 0 saturated carbocycles. The molecule has 0 fully saturated rings. The molecule has 0 spiro atoms. The first kappa shape index (κ1) is 16.8. The molecule has 6 nitrogen and oxygen atoms in total. The van der Waals surface area contributed by atoms with Crippen molar-refractivity contribution in [3.8, 4) is 0 Å². The molecule has 0 atom stereocenters. The molecule has 0 saturated heterocycles. The highest BCUT2D eigenvalue weighted by Gasteiger charge is 2.22. The van der Waals surface area contributed by atoms with Crippen LogP contribution in [-0.4, -0.2) is 63.5 Å². The first-order valence-corrected chi connectivity index (χ1v) is 7.21. The van der Waals surface area contributed by atoms with Gasteiger partial charge in [-0.1, -0.05) is 0 Å². The van der Waals surface area contributed by atoms with Gasteiger partial charge in [-0.05, 0) is 26.8 Å². The molecule has 0 heterocycles. The van der Waals surface area contributed by atoms with E-state index in [4.69, 9.17) is 10.5 Å². The van der Waals surface area contributed by atoms with E-state index < -0.39 is 10.2 Å². The summed E-state index contributed by atoms with van der Waals surface area (Å²) in [7, 11) is -0.264. The fraction of sp³-hybridized carbons (Fsp3) is 1.00. The van der Waals surface area contributed by atoms with Crippen LogP contribution in [0.5, 0.6) is 0 Å². The van der Waals surface area contributed by atoms with Crippen molar-refractivity contribution in [3.63, 3.8) is 0 Å². The summed E-state index contributed by atoms with van der Waals surface area (Å²) in [5, 5.41) is 0. The van der Waals surface area contributed by atoms with Gasteiger partial charge in [-0.25, -0.2) is 0 Å². The van der Waals surface area contributed by atoms with Gasteiger partial charge in [-0.15, -0.1) is 0 Å². The highest BCUT2D eigenvalue weighted by atomic mass is 32.2. The van der Waals surface area contributed by atoms with Crippen molar-refractivity contribution in [2.24, 2.45) is 5.73 Å². The molecule has 0 aliphatic carbocycles. The Morgan fingerprint density at radius 3 is 2.18 bits per heavy atom. The van der Waals surface area contributed by atoms with E-state index in [2.05, 4.69) is 0 Å². The molecule has 7 heteroatoms. The molecule has 0 aliphatic rings. The number of ether oxygens (including phenoxy) is 1. The van der Waals surface area contributed by atoms with Crippen LogP contribution in [0, 0.1) is 0 Å². The van der Waals surface area contributed by atoms with Crippen molar-refractivity contribution in [3.05, 3.63) is 0 Å². The van der Waals surface area contributed by atoms with Gasteiger partial charge in [0.05, 0.1) is 12.7 Å². The Morgan fingerprint density at radius 1 is 1.18 bits per heavy atom. The lowest BCUT2D eigenvalue weighted by Gasteiger charge is -2.24. The summed E-state index contributed by atoms with van der Waals surface area (Å²) in [6.07, 6.45) is 0.771. The molecule has 2 N–H and O–H groups in total. The van der Waals surface area contributed by atoms with Crippen LogP contribution in [0.25, 0.3) is 0 Å². The molecule has 0 unspecified atom stereocenters. The lowest BCUT2D eigenvalue weighted by molar-refractivity contribution is 0.0731. The molecule has 104 valence electrons. The molecule has 0 rings (SSSR count). The minimum atomic E-state index is -3.38. The fourth-order valence-electron chi connectivity index (χ4n) is 1.20. The van der Waals surface area contributed by atoms with E-state index in [0.29, 0.717) is 32.7 Å². The third-order valence-electron chi connectivity index (χ3n) is 2.32. The van der Waals surface area contributed by atoms with Crippen molar-refractivity contribution in [2.45, 2.75) is 26.4 Å². The van der Waals surface area contributed by atoms with E-state index in [9.17, 15) is 8.42 Å². The zero-order valence-electron chi connectivity index (χ0n) is 11.2. The van der Waals surface area contributed by atoms with Crippen LogP contribution in [0.2, 0.25) is 0 Å². The smallest absolute Gasteiger partial charge is 0.281 e. The first-order chi connectivity index (χ1) is 7.82. The fourth-order valence-corrected chi connectivity index (χ4v) is 2.34. The number of hydrogen-bond acceptors (Lipinski definition) is 4. The van der Waals surface area contributed by atoms with Gasteiger partial charge in [0.15, 0.2) is 0 Å². The van der Waals surface area contributed by atoms with E-state index in [1.54, 1.807) is 14.1 Å². The molecule has 0 aromatic heterocycles. The summed E-state index contributed by atoms with van der Waals surface area (Å²) in [6.45, 7) is 5.52. The predicted molar refractivity (Wildman–Crippen MR) is 68.9 cm³/mol. The number of nitrogens with zero attached hydrogens (tertiary/aromatic N) is 2. The summed E-state index contributed by atoms with van der Waals surface area (Å²) < 4.78 is 31.9. The zero-order chi connectivity index (χ0) is 13.5. The molecule has 0 aromatic carbocycles. The minimum absolute atomic E-state index is 0.112. The van der Waals surface area contributed by atoms with E-state index in [1.165, 1.54) is 8.61 Å². The second kappa shape index (κ2) is 7.99. The van der Waals surface area contributed by atoms with Crippen molar-refractivity contribution in [2.75, 3.05) is 40.3 Å². The molecule has 0 bridgehead atoms. The summed E-state index contributed by atoms with van der Waals surface area (Å²) in [5.41, 5.74) is 5.35. The van der Waals surface area contributed by atoms with Crippen LogP contribution < -0.4 is 5.73 Å². The maximum absolute atomic E-state index is 12.0. The Balaban J connectivity index is 4.19. The summed E-state index contributed by atoms with van der Waals surface area (Å²) in [6, 6.07) is 0. The second-order valence-electron chi connectivity index (χ2n) is 4.21. The third kappa shape index (κ3) is 6.32. The van der Waals surface area contributed by atoms with Crippen molar-refractivity contribution >= 4 is 10.2 Å². The number of hydrogen-bond donors (Lipinski definition) is 1. The first-order valence-electron chi connectivity index (χ1n) is 5.81. The molecule has 17 heavy (non-hydrogen) atoms. The van der Waals surface area contributed by atoms with Gasteiger partial charge >= 0.3 is 0 Å². The zero-order valence-corrected chi connectivity index (χ0v) is 12.0. The SMILES string of the molecule is CC(C)OCCN(C)S(=O)(=O)N(C)CCCN. The highest BCUT2D eigenvalue weighted by Crippen LogP contribution is 2.04. The molecule has 0 aromatic rings. The van der Waals surface area contributed by atoms with Gasteiger partial charge < -0.3 is 10.5 Å². The standard InChI is InChI=1S/C10H25N3O3S/c1-10(2)16-9-8-13(4)17(14,15)12(3)7-5-6-11/h10H,5-9,11H2,1-4H3. The van der Waals surface area contributed by atoms with Gasteiger partial charge in [0, 0.05) is 27.2 Å². The van der Waals surface area contributed by atoms with E-state index in [0.717, 1.165) is 0 Å². The monoisotopic (exact) mass is 267 g/mol. The van der Waals surface area contributed by atoms with Crippen molar-refractivity contribution < 1.29 is 13.2 Å². The molecular weight excluding hydrogens is 242 g/mol. The number of nitrogens with two attached hydrogens (primary N) is 1. The minimum Gasteiger partial charge on any atom is -0.377 e. The molecule has 0 radical (unpaired) electrons.